The van der Waals surface area contributed by atoms with Crippen LogP contribution in [0, 0.1) is 0 Å². The third-order valence-corrected chi connectivity index (χ3v) is 3.13. The van der Waals surface area contributed by atoms with Gasteiger partial charge in [0.1, 0.15) is 12.4 Å². The molecule has 0 atom stereocenters. The number of benzene rings is 1. The van der Waals surface area contributed by atoms with Gasteiger partial charge >= 0.3 is 0 Å². The van der Waals surface area contributed by atoms with Gasteiger partial charge in [0.2, 0.25) is 0 Å². The van der Waals surface area contributed by atoms with Crippen molar-refractivity contribution in [3.63, 3.8) is 0 Å². The van der Waals surface area contributed by atoms with Crippen molar-refractivity contribution in [3.05, 3.63) is 27.7 Å². The van der Waals surface area contributed by atoms with Crippen LogP contribution >= 0.6 is 34.8 Å². The number of rotatable bonds is 9. The highest BCUT2D eigenvalue weighted by atomic mass is 35.5. The van der Waals surface area contributed by atoms with Gasteiger partial charge in [-0.3, -0.25) is 0 Å². The van der Waals surface area contributed by atoms with Gasteiger partial charge in [0, 0.05) is 30.9 Å². The van der Waals surface area contributed by atoms with Gasteiger partial charge in [0.15, 0.2) is 0 Å². The Kier molecular flexibility index (Phi) is 8.58. The van der Waals surface area contributed by atoms with Crippen molar-refractivity contribution >= 4 is 34.8 Å². The molecule has 0 fully saturated rings. The molecule has 0 saturated heterocycles. The summed E-state index contributed by atoms with van der Waals surface area (Å²) in [6, 6.07) is 3.38. The Balaban J connectivity index is 2.36. The van der Waals surface area contributed by atoms with Crippen LogP contribution in [0.3, 0.4) is 0 Å². The van der Waals surface area contributed by atoms with Crippen molar-refractivity contribution in [3.8, 4) is 5.75 Å². The fourth-order valence-corrected chi connectivity index (χ4v) is 2.27. The van der Waals surface area contributed by atoms with Crippen LogP contribution in [0.1, 0.15) is 12.0 Å². The molecule has 0 amide bonds. The summed E-state index contributed by atoms with van der Waals surface area (Å²) in [6.45, 7) is 2.25. The second-order valence-electron chi connectivity index (χ2n) is 3.82. The molecule has 0 bridgehead atoms. The van der Waals surface area contributed by atoms with E-state index in [0.717, 1.165) is 12.0 Å². The molecule has 19 heavy (non-hydrogen) atoms. The van der Waals surface area contributed by atoms with Crippen molar-refractivity contribution in [2.45, 2.75) is 12.3 Å². The zero-order chi connectivity index (χ0) is 14.1. The van der Waals surface area contributed by atoms with Crippen LogP contribution in [0.25, 0.3) is 0 Å². The van der Waals surface area contributed by atoms with Crippen LogP contribution in [0.5, 0.6) is 5.75 Å². The summed E-state index contributed by atoms with van der Waals surface area (Å²) in [5, 5.41) is 1.01. The first-order chi connectivity index (χ1) is 9.19. The van der Waals surface area contributed by atoms with E-state index < -0.39 is 0 Å². The molecule has 3 nitrogen and oxygen atoms in total. The zero-order valence-electron chi connectivity index (χ0n) is 10.8. The van der Waals surface area contributed by atoms with Gasteiger partial charge < -0.3 is 14.2 Å². The SMILES string of the molecule is COCCCOCCOc1c(Cl)cc(Cl)cc1CCl. The molecule has 0 unspecified atom stereocenters. The van der Waals surface area contributed by atoms with Gasteiger partial charge in [-0.1, -0.05) is 23.2 Å². The summed E-state index contributed by atoms with van der Waals surface area (Å²) in [6.07, 6.45) is 0.866. The number of methoxy groups -OCH3 is 1. The van der Waals surface area contributed by atoms with Crippen LogP contribution in [0.15, 0.2) is 12.1 Å². The molecule has 108 valence electrons. The summed E-state index contributed by atoms with van der Waals surface area (Å²) < 4.78 is 15.9. The van der Waals surface area contributed by atoms with Gasteiger partial charge in [0.25, 0.3) is 0 Å². The maximum atomic E-state index is 6.07. The molecule has 1 rings (SSSR count). The van der Waals surface area contributed by atoms with Crippen LogP contribution in [0.4, 0.5) is 0 Å². The van der Waals surface area contributed by atoms with E-state index in [1.54, 1.807) is 19.2 Å². The van der Waals surface area contributed by atoms with E-state index >= 15 is 0 Å². The Labute approximate surface area is 128 Å². The van der Waals surface area contributed by atoms with Crippen molar-refractivity contribution in [2.24, 2.45) is 0 Å². The van der Waals surface area contributed by atoms with Crippen molar-refractivity contribution < 1.29 is 14.2 Å². The minimum absolute atomic E-state index is 0.296. The van der Waals surface area contributed by atoms with E-state index in [0.29, 0.717) is 48.1 Å². The molecule has 0 spiro atoms. The zero-order valence-corrected chi connectivity index (χ0v) is 13.0. The third kappa shape index (κ3) is 6.19. The van der Waals surface area contributed by atoms with Crippen molar-refractivity contribution in [1.29, 1.82) is 0 Å². The highest BCUT2D eigenvalue weighted by Crippen LogP contribution is 2.33. The Hall–Kier alpha value is -0.190. The molecule has 0 radical (unpaired) electrons. The predicted octanol–water partition coefficient (Wildman–Crippen LogP) is 4.16. The fraction of sp³-hybridized carbons (Fsp3) is 0.538. The Morgan fingerprint density at radius 2 is 1.84 bits per heavy atom. The molecule has 1 aromatic rings. The first-order valence-corrected chi connectivity index (χ1v) is 7.21. The number of ether oxygens (including phenoxy) is 3. The van der Waals surface area contributed by atoms with E-state index in [1.807, 2.05) is 0 Å². The lowest BCUT2D eigenvalue weighted by Gasteiger charge is -2.12. The molecular weight excluding hydrogens is 310 g/mol. The number of hydrogen-bond donors (Lipinski definition) is 0. The molecule has 0 saturated carbocycles. The van der Waals surface area contributed by atoms with Gasteiger partial charge in [-0.2, -0.15) is 0 Å². The van der Waals surface area contributed by atoms with Crippen LogP contribution in [0.2, 0.25) is 10.0 Å². The summed E-state index contributed by atoms with van der Waals surface area (Å²) >= 11 is 17.8. The number of halogens is 3. The molecule has 6 heteroatoms. The minimum Gasteiger partial charge on any atom is -0.489 e. The summed E-state index contributed by atoms with van der Waals surface area (Å²) in [5.41, 5.74) is 0.776. The predicted molar refractivity (Wildman–Crippen MR) is 78.8 cm³/mol. The lowest BCUT2D eigenvalue weighted by molar-refractivity contribution is 0.0805. The molecule has 1 aromatic carbocycles. The van der Waals surface area contributed by atoms with E-state index in [4.69, 9.17) is 49.0 Å². The van der Waals surface area contributed by atoms with E-state index in [9.17, 15) is 0 Å². The first kappa shape index (κ1) is 16.9. The normalized spacial score (nSPS) is 10.7. The number of alkyl halides is 1. The Morgan fingerprint density at radius 1 is 1.05 bits per heavy atom. The lowest BCUT2D eigenvalue weighted by Crippen LogP contribution is -2.09. The van der Waals surface area contributed by atoms with E-state index in [1.165, 1.54) is 0 Å². The minimum atomic E-state index is 0.296. The monoisotopic (exact) mass is 326 g/mol. The highest BCUT2D eigenvalue weighted by molar-refractivity contribution is 6.35. The van der Waals surface area contributed by atoms with E-state index in [2.05, 4.69) is 0 Å². The second kappa shape index (κ2) is 9.67. The molecule has 0 aliphatic heterocycles. The smallest absolute Gasteiger partial charge is 0.142 e. The van der Waals surface area contributed by atoms with Gasteiger partial charge in [-0.25, -0.2) is 0 Å². The molecule has 0 aliphatic rings. The maximum absolute atomic E-state index is 6.07. The Morgan fingerprint density at radius 3 is 2.53 bits per heavy atom. The van der Waals surface area contributed by atoms with Crippen LogP contribution < -0.4 is 4.74 Å². The fourth-order valence-electron chi connectivity index (χ4n) is 1.48. The third-order valence-electron chi connectivity index (χ3n) is 2.34. The molecule has 0 N–H and O–H groups in total. The van der Waals surface area contributed by atoms with Crippen molar-refractivity contribution in [1.82, 2.24) is 0 Å². The summed E-state index contributed by atoms with van der Waals surface area (Å²) in [4.78, 5) is 0. The topological polar surface area (TPSA) is 27.7 Å². The molecule has 0 aromatic heterocycles. The van der Waals surface area contributed by atoms with Crippen LogP contribution in [-0.2, 0) is 15.4 Å². The average molecular weight is 328 g/mol. The maximum Gasteiger partial charge on any atom is 0.142 e. The van der Waals surface area contributed by atoms with Gasteiger partial charge in [0.05, 0.1) is 17.5 Å². The standard InChI is InChI=1S/C13H17Cl3O3/c1-17-3-2-4-18-5-6-19-13-10(9-14)7-11(15)8-12(13)16/h7-8H,2-6,9H2,1H3. The number of hydrogen-bond acceptors (Lipinski definition) is 3. The van der Waals surface area contributed by atoms with Gasteiger partial charge in [-0.05, 0) is 18.6 Å². The first-order valence-electron chi connectivity index (χ1n) is 5.92. The molecular formula is C13H17Cl3O3. The van der Waals surface area contributed by atoms with Crippen molar-refractivity contribution in [2.75, 3.05) is 33.5 Å². The Bertz CT molecular complexity index is 386. The lowest BCUT2D eigenvalue weighted by atomic mass is 10.2. The average Bonchev–Trinajstić information content (AvgIpc) is 2.39. The highest BCUT2D eigenvalue weighted by Gasteiger charge is 2.09. The summed E-state index contributed by atoms with van der Waals surface area (Å²) in [5.74, 6) is 0.867. The van der Waals surface area contributed by atoms with Gasteiger partial charge in [-0.15, -0.1) is 11.6 Å². The second-order valence-corrected chi connectivity index (χ2v) is 4.93. The molecule has 0 heterocycles. The quantitative estimate of drug-likeness (QED) is 0.503. The largest absolute Gasteiger partial charge is 0.489 e. The summed E-state index contributed by atoms with van der Waals surface area (Å²) in [7, 11) is 1.67. The molecule has 0 aliphatic carbocycles. The van der Waals surface area contributed by atoms with E-state index in [-0.39, 0.29) is 0 Å². The van der Waals surface area contributed by atoms with Crippen LogP contribution in [-0.4, -0.2) is 33.5 Å².